The third-order valence-electron chi connectivity index (χ3n) is 2.44. The molecular weight excluding hydrogens is 370 g/mol. The van der Waals surface area contributed by atoms with Crippen molar-refractivity contribution in [1.82, 2.24) is 4.72 Å². The first-order valence-corrected chi connectivity index (χ1v) is 9.46. The van der Waals surface area contributed by atoms with E-state index in [1.165, 1.54) is 17.4 Å². The lowest BCUT2D eigenvalue weighted by atomic mass is 10.2. The van der Waals surface area contributed by atoms with E-state index >= 15 is 0 Å². The molecule has 2 N–H and O–H groups in total. The molecule has 104 valence electrons. The zero-order chi connectivity index (χ0) is 13.9. The number of aliphatic hydroxyl groups excluding tert-OH is 1. The number of halogens is 1. The van der Waals surface area contributed by atoms with Crippen molar-refractivity contribution in [2.24, 2.45) is 0 Å². The van der Waals surface area contributed by atoms with Crippen LogP contribution in [0, 0.1) is 0 Å². The fraction of sp³-hybridized carbons (Fsp3) is 0.273. The van der Waals surface area contributed by atoms with Crippen molar-refractivity contribution in [1.29, 1.82) is 0 Å². The molecule has 2 heterocycles. The lowest BCUT2D eigenvalue weighted by Gasteiger charge is -2.04. The van der Waals surface area contributed by atoms with Crippen molar-refractivity contribution < 1.29 is 13.5 Å². The summed E-state index contributed by atoms with van der Waals surface area (Å²) in [7, 11) is -3.53. The molecule has 0 unspecified atom stereocenters. The molecule has 0 saturated heterocycles. The summed E-state index contributed by atoms with van der Waals surface area (Å²) in [5.74, 6) is 0. The monoisotopic (exact) mass is 381 g/mol. The lowest BCUT2D eigenvalue weighted by Crippen LogP contribution is -2.25. The van der Waals surface area contributed by atoms with Crippen LogP contribution in [0.5, 0.6) is 0 Å². The molecule has 0 bridgehead atoms. The Morgan fingerprint density at radius 1 is 1.42 bits per heavy atom. The fourth-order valence-electron chi connectivity index (χ4n) is 1.50. The van der Waals surface area contributed by atoms with E-state index in [1.807, 2.05) is 16.8 Å². The number of hydrogen-bond donors (Lipinski definition) is 2. The van der Waals surface area contributed by atoms with Gasteiger partial charge in [0, 0.05) is 11.4 Å². The number of hydrogen-bond acceptors (Lipinski definition) is 5. The Morgan fingerprint density at radius 2 is 2.21 bits per heavy atom. The minimum atomic E-state index is -3.53. The van der Waals surface area contributed by atoms with Crippen LogP contribution >= 0.6 is 38.6 Å². The molecule has 2 aromatic heterocycles. The minimum absolute atomic E-state index is 0.159. The Kier molecular flexibility index (Phi) is 5.15. The molecule has 2 aromatic rings. The van der Waals surface area contributed by atoms with E-state index in [1.54, 1.807) is 11.3 Å². The van der Waals surface area contributed by atoms with Crippen molar-refractivity contribution in [3.63, 3.8) is 0 Å². The highest BCUT2D eigenvalue weighted by Crippen LogP contribution is 2.31. The summed E-state index contributed by atoms with van der Waals surface area (Å²) in [5.41, 5.74) is 1.12. The molecule has 0 amide bonds. The van der Waals surface area contributed by atoms with Gasteiger partial charge in [-0.05, 0) is 50.8 Å². The van der Waals surface area contributed by atoms with Gasteiger partial charge in [0.2, 0.25) is 10.0 Å². The smallest absolute Gasteiger partial charge is 0.242 e. The molecule has 4 nitrogen and oxygen atoms in total. The molecular formula is C11H12BrNO3S3. The van der Waals surface area contributed by atoms with Gasteiger partial charge in [-0.1, -0.05) is 0 Å². The van der Waals surface area contributed by atoms with Crippen LogP contribution in [0.4, 0.5) is 0 Å². The molecule has 0 aromatic carbocycles. The molecule has 0 aliphatic heterocycles. The number of nitrogens with one attached hydrogen (secondary N) is 1. The Morgan fingerprint density at radius 3 is 2.79 bits per heavy atom. The summed E-state index contributed by atoms with van der Waals surface area (Å²) in [6.45, 7) is 0.198. The molecule has 2 rings (SSSR count). The molecule has 0 fully saturated rings. The standard InChI is InChI=1S/C11H12BrNO3S3/c12-11-10(5-9(6-14)18-11)19(15,16)13-3-1-8-2-4-17-7-8/h2,4-5,7,13-14H,1,3,6H2. The second-order valence-corrected chi connectivity index (χ2v) is 8.76. The van der Waals surface area contributed by atoms with E-state index in [-0.39, 0.29) is 11.5 Å². The number of aliphatic hydroxyl groups is 1. The minimum Gasteiger partial charge on any atom is -0.391 e. The van der Waals surface area contributed by atoms with Crippen LogP contribution in [0.15, 0.2) is 31.6 Å². The summed E-state index contributed by atoms with van der Waals surface area (Å²) in [6.07, 6.45) is 0.664. The summed E-state index contributed by atoms with van der Waals surface area (Å²) in [5, 5.41) is 13.0. The van der Waals surface area contributed by atoms with Gasteiger partial charge >= 0.3 is 0 Å². The van der Waals surface area contributed by atoms with E-state index < -0.39 is 10.0 Å². The van der Waals surface area contributed by atoms with Gasteiger partial charge in [0.05, 0.1) is 10.4 Å². The first-order chi connectivity index (χ1) is 9.03. The number of rotatable bonds is 6. The van der Waals surface area contributed by atoms with Gasteiger partial charge in [0.15, 0.2) is 0 Å². The van der Waals surface area contributed by atoms with Gasteiger partial charge in [-0.3, -0.25) is 0 Å². The molecule has 19 heavy (non-hydrogen) atoms. The normalized spacial score (nSPS) is 11.9. The van der Waals surface area contributed by atoms with Crippen molar-refractivity contribution in [3.05, 3.63) is 37.1 Å². The Bertz CT molecular complexity index is 634. The molecule has 0 radical (unpaired) electrons. The van der Waals surface area contributed by atoms with E-state index in [0.29, 0.717) is 21.6 Å². The van der Waals surface area contributed by atoms with Gasteiger partial charge in [-0.25, -0.2) is 13.1 Å². The third-order valence-corrected chi connectivity index (χ3v) is 6.87. The highest BCUT2D eigenvalue weighted by atomic mass is 79.9. The van der Waals surface area contributed by atoms with Gasteiger partial charge in [-0.15, -0.1) is 11.3 Å². The zero-order valence-corrected chi connectivity index (χ0v) is 13.8. The van der Waals surface area contributed by atoms with Crippen molar-refractivity contribution >= 4 is 48.6 Å². The largest absolute Gasteiger partial charge is 0.391 e. The molecule has 0 aliphatic carbocycles. The molecule has 0 aliphatic rings. The summed E-state index contributed by atoms with van der Waals surface area (Å²) < 4.78 is 27.3. The van der Waals surface area contributed by atoms with E-state index in [0.717, 1.165) is 5.56 Å². The second kappa shape index (κ2) is 6.47. The van der Waals surface area contributed by atoms with Crippen LogP contribution in [-0.2, 0) is 23.1 Å². The Hall–Kier alpha value is -0.250. The summed E-state index contributed by atoms with van der Waals surface area (Å²) >= 11 is 6.03. The predicted octanol–water partition coefficient (Wildman–Crippen LogP) is 2.59. The predicted molar refractivity (Wildman–Crippen MR) is 81.2 cm³/mol. The molecule has 0 spiro atoms. The lowest BCUT2D eigenvalue weighted by molar-refractivity contribution is 0.285. The average Bonchev–Trinajstić information content (AvgIpc) is 2.98. The van der Waals surface area contributed by atoms with Gasteiger partial charge in [0.1, 0.15) is 4.90 Å². The van der Waals surface area contributed by atoms with Gasteiger partial charge in [-0.2, -0.15) is 11.3 Å². The first-order valence-electron chi connectivity index (χ1n) is 5.43. The van der Waals surface area contributed by atoms with E-state index in [2.05, 4.69) is 20.7 Å². The topological polar surface area (TPSA) is 66.4 Å². The second-order valence-electron chi connectivity index (χ2n) is 3.79. The van der Waals surface area contributed by atoms with Gasteiger partial charge < -0.3 is 5.11 Å². The van der Waals surface area contributed by atoms with Crippen LogP contribution in [-0.4, -0.2) is 20.1 Å². The Balaban J connectivity index is 2.03. The van der Waals surface area contributed by atoms with Crippen LogP contribution in [0.2, 0.25) is 0 Å². The first kappa shape index (κ1) is 15.1. The zero-order valence-electron chi connectivity index (χ0n) is 9.80. The van der Waals surface area contributed by atoms with Gasteiger partial charge in [0.25, 0.3) is 0 Å². The SMILES string of the molecule is O=S(=O)(NCCc1ccsc1)c1cc(CO)sc1Br. The number of sulfonamides is 1. The number of thiophene rings is 2. The average molecular weight is 382 g/mol. The highest BCUT2D eigenvalue weighted by Gasteiger charge is 2.20. The van der Waals surface area contributed by atoms with Crippen LogP contribution in [0.3, 0.4) is 0 Å². The van der Waals surface area contributed by atoms with Crippen LogP contribution in [0.1, 0.15) is 10.4 Å². The Labute approximate surface area is 128 Å². The van der Waals surface area contributed by atoms with E-state index in [9.17, 15) is 8.42 Å². The van der Waals surface area contributed by atoms with Crippen LogP contribution in [0.25, 0.3) is 0 Å². The fourth-order valence-corrected chi connectivity index (χ4v) is 5.78. The van der Waals surface area contributed by atoms with Crippen LogP contribution < -0.4 is 4.72 Å². The summed E-state index contributed by atoms with van der Waals surface area (Å²) in [4.78, 5) is 0.803. The third kappa shape index (κ3) is 3.87. The molecule has 8 heteroatoms. The summed E-state index contributed by atoms with van der Waals surface area (Å²) in [6, 6.07) is 3.46. The molecule has 0 atom stereocenters. The maximum Gasteiger partial charge on any atom is 0.242 e. The van der Waals surface area contributed by atoms with Crippen molar-refractivity contribution in [2.45, 2.75) is 17.9 Å². The maximum atomic E-state index is 12.1. The van der Waals surface area contributed by atoms with Crippen molar-refractivity contribution in [3.8, 4) is 0 Å². The molecule has 0 saturated carbocycles. The maximum absolute atomic E-state index is 12.1. The van der Waals surface area contributed by atoms with E-state index in [4.69, 9.17) is 5.11 Å². The van der Waals surface area contributed by atoms with Crippen molar-refractivity contribution in [2.75, 3.05) is 6.54 Å². The highest BCUT2D eigenvalue weighted by molar-refractivity contribution is 9.11. The quantitative estimate of drug-likeness (QED) is 0.807.